The van der Waals surface area contributed by atoms with Gasteiger partial charge in [0.2, 0.25) is 11.8 Å². The summed E-state index contributed by atoms with van der Waals surface area (Å²) in [5, 5.41) is 9.87. The zero-order chi connectivity index (χ0) is 17.5. The third-order valence-corrected chi connectivity index (χ3v) is 3.32. The van der Waals surface area contributed by atoms with E-state index in [1.165, 1.54) is 0 Å². The van der Waals surface area contributed by atoms with Crippen molar-refractivity contribution in [1.82, 2.24) is 15.5 Å². The lowest BCUT2D eigenvalue weighted by Crippen LogP contribution is -2.30. The van der Waals surface area contributed by atoms with Crippen LogP contribution in [0.3, 0.4) is 0 Å². The van der Waals surface area contributed by atoms with E-state index in [4.69, 9.17) is 9.26 Å². The van der Waals surface area contributed by atoms with Crippen LogP contribution in [0, 0.1) is 0 Å². The van der Waals surface area contributed by atoms with Crippen LogP contribution in [0.1, 0.15) is 19.2 Å². The number of carbonyl (C=O) groups is 1. The summed E-state index contributed by atoms with van der Waals surface area (Å²) in [5.74, 6) is 1.69. The molecule has 0 bridgehead atoms. The molecule has 0 saturated carbocycles. The van der Waals surface area contributed by atoms with Gasteiger partial charge in [0.15, 0.2) is 0 Å². The molecule has 0 aliphatic heterocycles. The van der Waals surface area contributed by atoms with E-state index in [1.54, 1.807) is 36.3 Å². The number of aromatic nitrogens is 2. The van der Waals surface area contributed by atoms with Crippen molar-refractivity contribution in [3.05, 3.63) is 30.2 Å². The van der Waals surface area contributed by atoms with E-state index in [0.29, 0.717) is 24.8 Å². The zero-order valence-electron chi connectivity index (χ0n) is 14.4. The lowest BCUT2D eigenvalue weighted by atomic mass is 10.2. The average Bonchev–Trinajstić information content (AvgIpc) is 3.03. The summed E-state index contributed by atoms with van der Waals surface area (Å²) in [5.41, 5.74) is 0.737. The van der Waals surface area contributed by atoms with Crippen molar-refractivity contribution < 1.29 is 14.1 Å². The molecule has 0 aliphatic carbocycles. The molecule has 1 amide bonds. The molecule has 2 aromatic rings. The Hall–Kier alpha value is -2.61. The summed E-state index contributed by atoms with van der Waals surface area (Å²) in [4.78, 5) is 18.0. The third-order valence-electron chi connectivity index (χ3n) is 3.32. The van der Waals surface area contributed by atoms with Gasteiger partial charge in [-0.3, -0.25) is 4.79 Å². The molecule has 0 unspecified atom stereocenters. The molecule has 1 aromatic heterocycles. The molecule has 130 valence electrons. The number of ether oxygens (including phenoxy) is 1. The summed E-state index contributed by atoms with van der Waals surface area (Å²) in [6, 6.07) is 7.18. The average molecular weight is 333 g/mol. The SMILES string of the molecule is COc1ccc(NC(=O)C[C@@H](C)NCc2nc(N(C)C)no2)cc1. The molecule has 1 heterocycles. The number of benzene rings is 1. The smallest absolute Gasteiger partial charge is 0.265 e. The van der Waals surface area contributed by atoms with Gasteiger partial charge in [0.25, 0.3) is 5.95 Å². The second kappa shape index (κ2) is 8.30. The number of hydrogen-bond acceptors (Lipinski definition) is 7. The van der Waals surface area contributed by atoms with Gasteiger partial charge in [0.05, 0.1) is 13.7 Å². The molecular weight excluding hydrogens is 310 g/mol. The molecule has 0 saturated heterocycles. The van der Waals surface area contributed by atoms with Crippen LogP contribution in [0.4, 0.5) is 11.6 Å². The molecular formula is C16H23N5O3. The minimum Gasteiger partial charge on any atom is -0.497 e. The Morgan fingerprint density at radius 3 is 2.62 bits per heavy atom. The van der Waals surface area contributed by atoms with Crippen LogP contribution in [0.2, 0.25) is 0 Å². The highest BCUT2D eigenvalue weighted by atomic mass is 16.5. The van der Waals surface area contributed by atoms with E-state index in [0.717, 1.165) is 11.4 Å². The fourth-order valence-corrected chi connectivity index (χ4v) is 2.00. The molecule has 1 atom stereocenters. The largest absolute Gasteiger partial charge is 0.497 e. The Morgan fingerprint density at radius 1 is 1.33 bits per heavy atom. The standard InChI is InChI=1S/C16H23N5O3/c1-11(17-10-15-19-16(20-24-15)21(2)3)9-14(22)18-12-5-7-13(23-4)8-6-12/h5-8,11,17H,9-10H2,1-4H3,(H,18,22)/t11-/m1/s1. The Kier molecular flexibility index (Phi) is 6.14. The van der Waals surface area contributed by atoms with Gasteiger partial charge in [-0.1, -0.05) is 0 Å². The van der Waals surface area contributed by atoms with Crippen molar-refractivity contribution in [2.24, 2.45) is 0 Å². The Bertz CT molecular complexity index is 654. The molecule has 8 nitrogen and oxygen atoms in total. The number of amides is 1. The molecule has 8 heteroatoms. The summed E-state index contributed by atoms with van der Waals surface area (Å²) < 4.78 is 10.2. The summed E-state index contributed by atoms with van der Waals surface area (Å²) in [6.07, 6.45) is 0.334. The Balaban J connectivity index is 1.76. The number of carbonyl (C=O) groups excluding carboxylic acids is 1. The number of anilines is 2. The molecule has 0 fully saturated rings. The Morgan fingerprint density at radius 2 is 2.04 bits per heavy atom. The normalized spacial score (nSPS) is 11.8. The first-order valence-corrected chi connectivity index (χ1v) is 7.65. The highest BCUT2D eigenvalue weighted by Crippen LogP contribution is 2.15. The summed E-state index contributed by atoms with van der Waals surface area (Å²) in [6.45, 7) is 2.34. The fraction of sp³-hybridized carbons (Fsp3) is 0.438. The third kappa shape index (κ3) is 5.24. The van der Waals surface area contributed by atoms with E-state index in [2.05, 4.69) is 20.8 Å². The number of hydrogen-bond donors (Lipinski definition) is 2. The van der Waals surface area contributed by atoms with Gasteiger partial charge in [0, 0.05) is 32.2 Å². The van der Waals surface area contributed by atoms with E-state index < -0.39 is 0 Å². The molecule has 1 aromatic carbocycles. The molecule has 0 aliphatic rings. The van der Waals surface area contributed by atoms with Crippen LogP contribution in [0.25, 0.3) is 0 Å². The topological polar surface area (TPSA) is 92.5 Å². The maximum absolute atomic E-state index is 12.0. The van der Waals surface area contributed by atoms with Crippen molar-refractivity contribution in [3.8, 4) is 5.75 Å². The molecule has 0 radical (unpaired) electrons. The van der Waals surface area contributed by atoms with Crippen LogP contribution < -0.4 is 20.3 Å². The van der Waals surface area contributed by atoms with Gasteiger partial charge >= 0.3 is 0 Å². The predicted molar refractivity (Wildman–Crippen MR) is 91.2 cm³/mol. The zero-order valence-corrected chi connectivity index (χ0v) is 14.4. The number of rotatable bonds is 8. The van der Waals surface area contributed by atoms with Crippen LogP contribution in [-0.2, 0) is 11.3 Å². The fourth-order valence-electron chi connectivity index (χ4n) is 2.00. The number of methoxy groups -OCH3 is 1. The molecule has 24 heavy (non-hydrogen) atoms. The van der Waals surface area contributed by atoms with E-state index >= 15 is 0 Å². The van der Waals surface area contributed by atoms with Gasteiger partial charge in [0.1, 0.15) is 5.75 Å². The Labute approximate surface area is 141 Å². The lowest BCUT2D eigenvalue weighted by molar-refractivity contribution is -0.116. The quantitative estimate of drug-likeness (QED) is 0.759. The van der Waals surface area contributed by atoms with Crippen molar-refractivity contribution in [2.45, 2.75) is 25.9 Å². The van der Waals surface area contributed by atoms with Crippen molar-refractivity contribution >= 4 is 17.5 Å². The highest BCUT2D eigenvalue weighted by molar-refractivity contribution is 5.91. The van der Waals surface area contributed by atoms with Gasteiger partial charge in [-0.25, -0.2) is 0 Å². The number of nitrogens with one attached hydrogen (secondary N) is 2. The van der Waals surface area contributed by atoms with Gasteiger partial charge in [-0.05, 0) is 36.3 Å². The van der Waals surface area contributed by atoms with Crippen LogP contribution in [0.5, 0.6) is 5.75 Å². The monoisotopic (exact) mass is 333 g/mol. The van der Waals surface area contributed by atoms with E-state index in [1.807, 2.05) is 21.0 Å². The van der Waals surface area contributed by atoms with E-state index in [9.17, 15) is 4.79 Å². The molecule has 2 rings (SSSR count). The lowest BCUT2D eigenvalue weighted by Gasteiger charge is -2.12. The van der Waals surface area contributed by atoms with Crippen molar-refractivity contribution in [1.29, 1.82) is 0 Å². The highest BCUT2D eigenvalue weighted by Gasteiger charge is 2.12. The van der Waals surface area contributed by atoms with Gasteiger partial charge in [-0.15, -0.1) is 0 Å². The van der Waals surface area contributed by atoms with Crippen LogP contribution in [0.15, 0.2) is 28.8 Å². The van der Waals surface area contributed by atoms with Crippen LogP contribution >= 0.6 is 0 Å². The van der Waals surface area contributed by atoms with Crippen LogP contribution in [-0.4, -0.2) is 43.3 Å². The maximum atomic E-state index is 12.0. The predicted octanol–water partition coefficient (Wildman–Crippen LogP) is 1.65. The summed E-state index contributed by atoms with van der Waals surface area (Å²) >= 11 is 0. The first-order chi connectivity index (χ1) is 11.5. The summed E-state index contributed by atoms with van der Waals surface area (Å²) in [7, 11) is 5.29. The second-order valence-corrected chi connectivity index (χ2v) is 5.65. The maximum Gasteiger partial charge on any atom is 0.265 e. The van der Waals surface area contributed by atoms with Crippen molar-refractivity contribution in [2.75, 3.05) is 31.4 Å². The second-order valence-electron chi connectivity index (χ2n) is 5.65. The van der Waals surface area contributed by atoms with Crippen molar-refractivity contribution in [3.63, 3.8) is 0 Å². The minimum atomic E-state index is -0.0697. The van der Waals surface area contributed by atoms with Gasteiger partial charge in [-0.2, -0.15) is 4.98 Å². The number of nitrogens with zero attached hydrogens (tertiary/aromatic N) is 3. The molecule has 0 spiro atoms. The first kappa shape index (κ1) is 17.7. The molecule has 2 N–H and O–H groups in total. The van der Waals surface area contributed by atoms with Gasteiger partial charge < -0.3 is 24.8 Å². The first-order valence-electron chi connectivity index (χ1n) is 7.65. The minimum absolute atomic E-state index is 0.0297. The van der Waals surface area contributed by atoms with E-state index in [-0.39, 0.29) is 11.9 Å².